The van der Waals surface area contributed by atoms with Crippen LogP contribution < -0.4 is 10.5 Å². The van der Waals surface area contributed by atoms with Crippen LogP contribution in [0.4, 0.5) is 0 Å². The fraction of sp³-hybridized carbons (Fsp3) is 0.429. The maximum atomic E-state index is 5.96. The lowest BCUT2D eigenvalue weighted by Gasteiger charge is -2.14. The first kappa shape index (κ1) is 13.5. The number of benzene rings is 1. The van der Waals surface area contributed by atoms with Gasteiger partial charge in [-0.05, 0) is 32.4 Å². The van der Waals surface area contributed by atoms with Crippen LogP contribution in [0.25, 0.3) is 0 Å². The van der Waals surface area contributed by atoms with Crippen LogP contribution in [0.5, 0.6) is 5.75 Å². The average Bonchev–Trinajstić information content (AvgIpc) is 2.83. The van der Waals surface area contributed by atoms with E-state index < -0.39 is 0 Å². The molecule has 0 bridgehead atoms. The second-order valence-electron chi connectivity index (χ2n) is 4.61. The third-order valence-corrected chi connectivity index (χ3v) is 3.01. The fourth-order valence-electron chi connectivity index (χ4n) is 1.95. The molecule has 0 spiro atoms. The molecule has 2 aromatic rings. The molecule has 5 nitrogen and oxygen atoms in total. The lowest BCUT2D eigenvalue weighted by atomic mass is 10.1. The molecule has 2 rings (SSSR count). The van der Waals surface area contributed by atoms with Gasteiger partial charge in [0.05, 0.1) is 0 Å². The van der Waals surface area contributed by atoms with Gasteiger partial charge in [0.25, 0.3) is 0 Å². The van der Waals surface area contributed by atoms with E-state index in [4.69, 9.17) is 10.5 Å². The van der Waals surface area contributed by atoms with E-state index in [1.807, 2.05) is 43.7 Å². The molecule has 0 radical (unpaired) electrons. The molecule has 0 saturated carbocycles. The van der Waals surface area contributed by atoms with Gasteiger partial charge in [-0.3, -0.25) is 0 Å². The number of ether oxygens (including phenoxy) is 1. The van der Waals surface area contributed by atoms with Crippen LogP contribution in [0.2, 0.25) is 0 Å². The van der Waals surface area contributed by atoms with Crippen molar-refractivity contribution in [1.82, 2.24) is 14.8 Å². The largest absolute Gasteiger partial charge is 0.485 e. The highest BCUT2D eigenvalue weighted by Gasteiger charge is 2.10. The molecule has 102 valence electrons. The molecule has 1 unspecified atom stereocenters. The molecule has 0 aliphatic heterocycles. The van der Waals surface area contributed by atoms with Gasteiger partial charge in [-0.1, -0.05) is 12.1 Å². The van der Waals surface area contributed by atoms with E-state index in [9.17, 15) is 0 Å². The topological polar surface area (TPSA) is 66.0 Å². The van der Waals surface area contributed by atoms with Crippen LogP contribution in [0.1, 0.15) is 36.8 Å². The molecule has 0 amide bonds. The SMILES string of the molecule is CCn1ncnc1COc1cc(C)ccc1C(C)N. The summed E-state index contributed by atoms with van der Waals surface area (Å²) in [6.45, 7) is 7.19. The van der Waals surface area contributed by atoms with E-state index in [1.54, 1.807) is 6.33 Å². The summed E-state index contributed by atoms with van der Waals surface area (Å²) in [5, 5.41) is 4.12. The Balaban J connectivity index is 2.17. The summed E-state index contributed by atoms with van der Waals surface area (Å²) in [5.74, 6) is 1.64. The summed E-state index contributed by atoms with van der Waals surface area (Å²) in [6, 6.07) is 6.00. The Morgan fingerprint density at radius 1 is 1.42 bits per heavy atom. The zero-order valence-electron chi connectivity index (χ0n) is 11.6. The van der Waals surface area contributed by atoms with Crippen molar-refractivity contribution in [2.24, 2.45) is 5.73 Å². The highest BCUT2D eigenvalue weighted by atomic mass is 16.5. The van der Waals surface area contributed by atoms with E-state index in [1.165, 1.54) is 0 Å². The second kappa shape index (κ2) is 5.84. The van der Waals surface area contributed by atoms with Gasteiger partial charge >= 0.3 is 0 Å². The zero-order chi connectivity index (χ0) is 13.8. The monoisotopic (exact) mass is 260 g/mol. The first-order chi connectivity index (χ1) is 9.11. The lowest BCUT2D eigenvalue weighted by Crippen LogP contribution is -2.11. The maximum absolute atomic E-state index is 5.96. The molecular formula is C14H20N4O. The Bertz CT molecular complexity index is 548. The van der Waals surface area contributed by atoms with E-state index in [0.29, 0.717) is 6.61 Å². The highest BCUT2D eigenvalue weighted by molar-refractivity contribution is 5.38. The van der Waals surface area contributed by atoms with Gasteiger partial charge < -0.3 is 10.5 Å². The van der Waals surface area contributed by atoms with Crippen molar-refractivity contribution in [2.75, 3.05) is 0 Å². The highest BCUT2D eigenvalue weighted by Crippen LogP contribution is 2.25. The number of hydrogen-bond donors (Lipinski definition) is 1. The quantitative estimate of drug-likeness (QED) is 0.895. The zero-order valence-corrected chi connectivity index (χ0v) is 11.6. The van der Waals surface area contributed by atoms with Crippen molar-refractivity contribution in [2.45, 2.75) is 40.0 Å². The summed E-state index contributed by atoms with van der Waals surface area (Å²) in [7, 11) is 0. The molecular weight excluding hydrogens is 240 g/mol. The van der Waals surface area contributed by atoms with Gasteiger partial charge in [-0.2, -0.15) is 5.10 Å². The van der Waals surface area contributed by atoms with Crippen molar-refractivity contribution in [1.29, 1.82) is 0 Å². The molecule has 0 saturated heterocycles. The number of rotatable bonds is 5. The van der Waals surface area contributed by atoms with E-state index in [0.717, 1.165) is 29.2 Å². The minimum absolute atomic E-state index is 0.0559. The van der Waals surface area contributed by atoms with Gasteiger partial charge in [0, 0.05) is 18.2 Å². The number of aromatic nitrogens is 3. The molecule has 1 aromatic heterocycles. The Morgan fingerprint density at radius 2 is 2.21 bits per heavy atom. The predicted octanol–water partition coefficient (Wildman–Crippen LogP) is 2.21. The smallest absolute Gasteiger partial charge is 0.164 e. The van der Waals surface area contributed by atoms with Gasteiger partial charge in [-0.25, -0.2) is 9.67 Å². The first-order valence-electron chi connectivity index (χ1n) is 6.47. The summed E-state index contributed by atoms with van der Waals surface area (Å²) in [6.07, 6.45) is 1.55. The molecule has 1 atom stereocenters. The maximum Gasteiger partial charge on any atom is 0.164 e. The average molecular weight is 260 g/mol. The fourth-order valence-corrected chi connectivity index (χ4v) is 1.95. The molecule has 0 aliphatic rings. The van der Waals surface area contributed by atoms with Crippen molar-refractivity contribution < 1.29 is 4.74 Å². The summed E-state index contributed by atoms with van der Waals surface area (Å²) >= 11 is 0. The van der Waals surface area contributed by atoms with E-state index in [2.05, 4.69) is 10.1 Å². The number of nitrogens with zero attached hydrogens (tertiary/aromatic N) is 3. The Kier molecular flexibility index (Phi) is 4.16. The summed E-state index contributed by atoms with van der Waals surface area (Å²) < 4.78 is 7.68. The number of hydrogen-bond acceptors (Lipinski definition) is 4. The molecule has 5 heteroatoms. The minimum atomic E-state index is -0.0559. The molecule has 1 heterocycles. The van der Waals surface area contributed by atoms with Crippen LogP contribution in [0, 0.1) is 6.92 Å². The van der Waals surface area contributed by atoms with Gasteiger partial charge in [-0.15, -0.1) is 0 Å². The summed E-state index contributed by atoms with van der Waals surface area (Å²) in [5.41, 5.74) is 8.11. The Labute approximate surface area is 113 Å². The molecule has 2 N–H and O–H groups in total. The van der Waals surface area contributed by atoms with Crippen LogP contribution in [0.15, 0.2) is 24.5 Å². The summed E-state index contributed by atoms with van der Waals surface area (Å²) in [4.78, 5) is 4.19. The molecule has 19 heavy (non-hydrogen) atoms. The Morgan fingerprint density at radius 3 is 2.89 bits per heavy atom. The second-order valence-corrected chi connectivity index (χ2v) is 4.61. The molecule has 0 aliphatic carbocycles. The van der Waals surface area contributed by atoms with Crippen molar-refractivity contribution in [3.05, 3.63) is 41.5 Å². The predicted molar refractivity (Wildman–Crippen MR) is 73.8 cm³/mol. The van der Waals surface area contributed by atoms with Crippen LogP contribution >= 0.6 is 0 Å². The van der Waals surface area contributed by atoms with Gasteiger partial charge in [0.15, 0.2) is 5.82 Å². The van der Waals surface area contributed by atoms with Gasteiger partial charge in [0.1, 0.15) is 18.7 Å². The lowest BCUT2D eigenvalue weighted by molar-refractivity contribution is 0.283. The van der Waals surface area contributed by atoms with Crippen LogP contribution in [0.3, 0.4) is 0 Å². The third-order valence-electron chi connectivity index (χ3n) is 3.01. The third kappa shape index (κ3) is 3.12. The van der Waals surface area contributed by atoms with Crippen LogP contribution in [-0.4, -0.2) is 14.8 Å². The van der Waals surface area contributed by atoms with Crippen LogP contribution in [-0.2, 0) is 13.2 Å². The van der Waals surface area contributed by atoms with Crippen molar-refractivity contribution in [3.8, 4) is 5.75 Å². The Hall–Kier alpha value is -1.88. The number of aryl methyl sites for hydroxylation is 2. The minimum Gasteiger partial charge on any atom is -0.485 e. The molecule has 1 aromatic carbocycles. The van der Waals surface area contributed by atoms with Crippen molar-refractivity contribution >= 4 is 0 Å². The van der Waals surface area contributed by atoms with Crippen molar-refractivity contribution in [3.63, 3.8) is 0 Å². The van der Waals surface area contributed by atoms with E-state index in [-0.39, 0.29) is 6.04 Å². The molecule has 0 fully saturated rings. The van der Waals surface area contributed by atoms with Gasteiger partial charge in [0.2, 0.25) is 0 Å². The standard InChI is InChI=1S/C14H20N4O/c1-4-18-14(16-9-17-18)8-19-13-7-10(2)5-6-12(13)11(3)15/h5-7,9,11H,4,8,15H2,1-3H3. The van der Waals surface area contributed by atoms with E-state index >= 15 is 0 Å². The normalized spacial score (nSPS) is 12.4. The first-order valence-corrected chi connectivity index (χ1v) is 6.47. The number of nitrogens with two attached hydrogens (primary N) is 1.